The van der Waals surface area contributed by atoms with Gasteiger partial charge in [0.1, 0.15) is 11.6 Å². The molecule has 0 radical (unpaired) electrons. The van der Waals surface area contributed by atoms with Crippen molar-refractivity contribution < 1.29 is 8.78 Å². The molecule has 19 heavy (non-hydrogen) atoms. The molecule has 0 heterocycles. The molecular weight excluding hydrogens is 244 g/mol. The molecule has 3 heteroatoms. The first-order valence-corrected chi connectivity index (χ1v) is 7.26. The zero-order valence-corrected chi connectivity index (χ0v) is 12.2. The summed E-state index contributed by atoms with van der Waals surface area (Å²) in [6.07, 6.45) is 3.59. The van der Waals surface area contributed by atoms with Gasteiger partial charge in [0.25, 0.3) is 0 Å². The van der Waals surface area contributed by atoms with Gasteiger partial charge in [0.15, 0.2) is 0 Å². The van der Waals surface area contributed by atoms with Crippen LogP contribution in [0.4, 0.5) is 8.78 Å². The van der Waals surface area contributed by atoms with Crippen molar-refractivity contribution in [1.82, 2.24) is 5.32 Å². The van der Waals surface area contributed by atoms with Crippen LogP contribution in [0.2, 0.25) is 0 Å². The van der Waals surface area contributed by atoms with Gasteiger partial charge in [-0.3, -0.25) is 0 Å². The van der Waals surface area contributed by atoms with Crippen molar-refractivity contribution in [3.05, 3.63) is 35.4 Å². The van der Waals surface area contributed by atoms with E-state index < -0.39 is 11.6 Å². The van der Waals surface area contributed by atoms with Gasteiger partial charge in [-0.1, -0.05) is 33.3 Å². The average molecular weight is 269 g/mol. The lowest BCUT2D eigenvalue weighted by atomic mass is 9.91. The van der Waals surface area contributed by atoms with Gasteiger partial charge in [0.2, 0.25) is 0 Å². The van der Waals surface area contributed by atoms with Crippen LogP contribution >= 0.6 is 0 Å². The fourth-order valence-electron chi connectivity index (χ4n) is 2.41. The van der Waals surface area contributed by atoms with E-state index in [2.05, 4.69) is 26.1 Å². The van der Waals surface area contributed by atoms with Crippen molar-refractivity contribution in [2.45, 2.75) is 52.5 Å². The highest BCUT2D eigenvalue weighted by Gasteiger charge is 2.20. The average Bonchev–Trinajstić information content (AvgIpc) is 2.37. The van der Waals surface area contributed by atoms with Gasteiger partial charge < -0.3 is 5.32 Å². The van der Waals surface area contributed by atoms with Crippen LogP contribution in [-0.2, 0) is 6.42 Å². The van der Waals surface area contributed by atoms with E-state index in [1.807, 2.05) is 0 Å². The van der Waals surface area contributed by atoms with E-state index in [0.717, 1.165) is 25.8 Å². The van der Waals surface area contributed by atoms with Crippen molar-refractivity contribution in [2.75, 3.05) is 6.54 Å². The third-order valence-corrected chi connectivity index (χ3v) is 3.57. The lowest BCUT2D eigenvalue weighted by Crippen LogP contribution is -2.37. The third-order valence-electron chi connectivity index (χ3n) is 3.57. The summed E-state index contributed by atoms with van der Waals surface area (Å²) in [5, 5.41) is 3.42. The first kappa shape index (κ1) is 16.1. The number of hydrogen-bond donors (Lipinski definition) is 1. The van der Waals surface area contributed by atoms with Crippen molar-refractivity contribution >= 4 is 0 Å². The summed E-state index contributed by atoms with van der Waals surface area (Å²) < 4.78 is 27.4. The molecule has 0 saturated heterocycles. The molecular formula is C16H25F2N. The molecule has 108 valence electrons. The van der Waals surface area contributed by atoms with Gasteiger partial charge in [-0.05, 0) is 43.9 Å². The number of benzene rings is 1. The Morgan fingerprint density at radius 2 is 1.74 bits per heavy atom. The monoisotopic (exact) mass is 269 g/mol. The summed E-state index contributed by atoms with van der Waals surface area (Å²) in [6, 6.07) is 4.21. The minimum absolute atomic E-state index is 0.131. The van der Waals surface area contributed by atoms with E-state index in [1.165, 1.54) is 18.2 Å². The minimum Gasteiger partial charge on any atom is -0.313 e. The second-order valence-corrected chi connectivity index (χ2v) is 5.23. The quantitative estimate of drug-likeness (QED) is 0.741. The predicted molar refractivity (Wildman–Crippen MR) is 76.2 cm³/mol. The Kier molecular flexibility index (Phi) is 7.00. The van der Waals surface area contributed by atoms with Crippen LogP contribution in [0.25, 0.3) is 0 Å². The number of rotatable bonds is 8. The molecule has 1 aromatic rings. The van der Waals surface area contributed by atoms with Gasteiger partial charge in [-0.15, -0.1) is 0 Å². The second-order valence-electron chi connectivity index (χ2n) is 5.23. The zero-order chi connectivity index (χ0) is 14.3. The summed E-state index contributed by atoms with van der Waals surface area (Å²) in [4.78, 5) is 0. The van der Waals surface area contributed by atoms with Crippen molar-refractivity contribution in [3.8, 4) is 0 Å². The molecule has 1 rings (SSSR count). The first-order valence-electron chi connectivity index (χ1n) is 7.26. The molecule has 1 aromatic carbocycles. The maximum atomic E-state index is 13.7. The zero-order valence-electron chi connectivity index (χ0n) is 12.2. The van der Waals surface area contributed by atoms with Crippen molar-refractivity contribution in [3.63, 3.8) is 0 Å². The van der Waals surface area contributed by atoms with E-state index >= 15 is 0 Å². The standard InChI is InChI=1S/C16H25F2N/c1-4-7-12(3)16(19-10-5-2)11-13-14(17)8-6-9-15(13)18/h6,8-9,12,16,19H,4-5,7,10-11H2,1-3H3. The van der Waals surface area contributed by atoms with E-state index in [9.17, 15) is 8.78 Å². The molecule has 0 spiro atoms. The smallest absolute Gasteiger partial charge is 0.129 e. The molecule has 0 aromatic heterocycles. The maximum absolute atomic E-state index is 13.7. The van der Waals surface area contributed by atoms with Gasteiger partial charge in [0, 0.05) is 11.6 Å². The number of hydrogen-bond acceptors (Lipinski definition) is 1. The second kappa shape index (κ2) is 8.26. The summed E-state index contributed by atoms with van der Waals surface area (Å²) in [6.45, 7) is 7.26. The Labute approximate surface area is 115 Å². The first-order chi connectivity index (χ1) is 9.10. The third kappa shape index (κ3) is 4.90. The van der Waals surface area contributed by atoms with Gasteiger partial charge in [-0.25, -0.2) is 8.78 Å². The molecule has 1 nitrogen and oxygen atoms in total. The Morgan fingerprint density at radius 1 is 1.11 bits per heavy atom. The van der Waals surface area contributed by atoms with Crippen LogP contribution in [0.1, 0.15) is 45.6 Å². The Bertz CT molecular complexity index is 359. The molecule has 1 N–H and O–H groups in total. The topological polar surface area (TPSA) is 12.0 Å². The van der Waals surface area contributed by atoms with Crippen LogP contribution in [-0.4, -0.2) is 12.6 Å². The molecule has 0 saturated carbocycles. The summed E-state index contributed by atoms with van der Waals surface area (Å²) in [7, 11) is 0. The summed E-state index contributed by atoms with van der Waals surface area (Å²) in [5.74, 6) is -0.463. The van der Waals surface area contributed by atoms with Crippen LogP contribution in [0.5, 0.6) is 0 Å². The van der Waals surface area contributed by atoms with E-state index in [0.29, 0.717) is 12.3 Å². The van der Waals surface area contributed by atoms with Gasteiger partial charge >= 0.3 is 0 Å². The van der Waals surface area contributed by atoms with Crippen molar-refractivity contribution in [1.29, 1.82) is 0 Å². The van der Waals surface area contributed by atoms with E-state index in [1.54, 1.807) is 0 Å². The highest BCUT2D eigenvalue weighted by molar-refractivity contribution is 5.21. The maximum Gasteiger partial charge on any atom is 0.129 e. The van der Waals surface area contributed by atoms with Crippen molar-refractivity contribution in [2.24, 2.45) is 5.92 Å². The molecule has 0 amide bonds. The lowest BCUT2D eigenvalue weighted by molar-refractivity contribution is 0.345. The fourth-order valence-corrected chi connectivity index (χ4v) is 2.41. The molecule has 0 aliphatic heterocycles. The highest BCUT2D eigenvalue weighted by atomic mass is 19.1. The van der Waals surface area contributed by atoms with Crippen LogP contribution in [0, 0.1) is 17.6 Å². The van der Waals surface area contributed by atoms with E-state index in [-0.39, 0.29) is 11.6 Å². The summed E-state index contributed by atoms with van der Waals surface area (Å²) in [5.41, 5.74) is 0.207. The predicted octanol–water partition coefficient (Wildman–Crippen LogP) is 4.31. The Hall–Kier alpha value is -0.960. The fraction of sp³-hybridized carbons (Fsp3) is 0.625. The normalized spacial score (nSPS) is 14.4. The Morgan fingerprint density at radius 3 is 2.26 bits per heavy atom. The summed E-state index contributed by atoms with van der Waals surface area (Å²) >= 11 is 0. The molecule has 0 fully saturated rings. The molecule has 0 aliphatic carbocycles. The molecule has 2 unspecified atom stereocenters. The molecule has 0 aliphatic rings. The van der Waals surface area contributed by atoms with E-state index in [4.69, 9.17) is 0 Å². The van der Waals surface area contributed by atoms with Gasteiger partial charge in [0.05, 0.1) is 0 Å². The molecule has 0 bridgehead atoms. The molecule has 2 atom stereocenters. The van der Waals surface area contributed by atoms with Crippen LogP contribution < -0.4 is 5.32 Å². The minimum atomic E-state index is -0.438. The number of nitrogens with one attached hydrogen (secondary N) is 1. The van der Waals surface area contributed by atoms with Crippen LogP contribution in [0.3, 0.4) is 0 Å². The SMILES string of the molecule is CCCNC(Cc1c(F)cccc1F)C(C)CCC. The highest BCUT2D eigenvalue weighted by Crippen LogP contribution is 2.19. The van der Waals surface area contributed by atoms with Gasteiger partial charge in [-0.2, -0.15) is 0 Å². The lowest BCUT2D eigenvalue weighted by Gasteiger charge is -2.25. The van der Waals surface area contributed by atoms with Crippen LogP contribution in [0.15, 0.2) is 18.2 Å². The Balaban J connectivity index is 2.81. The largest absolute Gasteiger partial charge is 0.313 e. The number of halogens is 2.